The number of esters is 2. The maximum Gasteiger partial charge on any atom is 0.337 e. The molecule has 0 aromatic heterocycles. The maximum atomic E-state index is 12.2. The van der Waals surface area contributed by atoms with Gasteiger partial charge in [0, 0.05) is 0 Å². The molecular weight excluding hydrogens is 296 g/mol. The lowest BCUT2D eigenvalue weighted by Gasteiger charge is -2.25. The Balaban J connectivity index is 2.38. The third-order valence-electron chi connectivity index (χ3n) is 4.35. The molecule has 1 saturated carbocycles. The zero-order chi connectivity index (χ0) is 17.0. The predicted octanol–water partition coefficient (Wildman–Crippen LogP) is 2.79. The number of Topliss-reactive ketones (excluding diaryl/α,β-unsaturated/α-hetero) is 1. The number of methoxy groups -OCH3 is 2. The molecule has 122 valence electrons. The average molecular weight is 316 g/mol. The van der Waals surface area contributed by atoms with Gasteiger partial charge in [0.1, 0.15) is 5.41 Å². The molecule has 1 aliphatic rings. The fourth-order valence-electron chi connectivity index (χ4n) is 3.10. The lowest BCUT2D eigenvalue weighted by molar-refractivity contribution is -0.154. The van der Waals surface area contributed by atoms with E-state index in [9.17, 15) is 14.4 Å². The van der Waals surface area contributed by atoms with Crippen LogP contribution in [-0.4, -0.2) is 31.9 Å². The number of hydrogen-bond acceptors (Lipinski definition) is 5. The molecule has 23 heavy (non-hydrogen) atoms. The van der Waals surface area contributed by atoms with Crippen LogP contribution in [0.5, 0.6) is 0 Å². The van der Waals surface area contributed by atoms with Crippen LogP contribution in [0.3, 0.4) is 0 Å². The van der Waals surface area contributed by atoms with Crippen LogP contribution in [0.1, 0.15) is 42.1 Å². The van der Waals surface area contributed by atoms with Gasteiger partial charge in [-0.1, -0.05) is 18.2 Å². The van der Waals surface area contributed by atoms with Crippen molar-refractivity contribution in [2.45, 2.75) is 26.2 Å². The third kappa shape index (κ3) is 3.04. The van der Waals surface area contributed by atoms with Gasteiger partial charge in [-0.2, -0.15) is 0 Å². The Labute approximate surface area is 135 Å². The minimum atomic E-state index is -1.17. The second-order valence-electron chi connectivity index (χ2n) is 5.59. The van der Waals surface area contributed by atoms with E-state index in [1.54, 1.807) is 24.3 Å². The van der Waals surface area contributed by atoms with Crippen molar-refractivity contribution in [2.75, 3.05) is 14.2 Å². The summed E-state index contributed by atoms with van der Waals surface area (Å²) in [5, 5.41) is 0. The number of ether oxygens (including phenoxy) is 2. The number of ketones is 1. The smallest absolute Gasteiger partial charge is 0.337 e. The zero-order valence-electron chi connectivity index (χ0n) is 13.5. The fourth-order valence-corrected chi connectivity index (χ4v) is 3.10. The number of carbonyl (C=O) groups excluding carboxylic acids is 3. The molecule has 0 amide bonds. The van der Waals surface area contributed by atoms with Gasteiger partial charge in [-0.15, -0.1) is 0 Å². The van der Waals surface area contributed by atoms with Gasteiger partial charge in [-0.25, -0.2) is 4.79 Å². The van der Waals surface area contributed by atoms with E-state index in [0.717, 1.165) is 17.6 Å². The fraction of sp³-hybridized carbons (Fsp3) is 0.389. The average Bonchev–Trinajstić information content (AvgIpc) is 2.98. The van der Waals surface area contributed by atoms with E-state index in [1.807, 2.05) is 6.08 Å². The number of benzene rings is 1. The van der Waals surface area contributed by atoms with Gasteiger partial charge in [-0.3, -0.25) is 9.59 Å². The van der Waals surface area contributed by atoms with Crippen LogP contribution < -0.4 is 0 Å². The van der Waals surface area contributed by atoms with Crippen LogP contribution in [0.4, 0.5) is 0 Å². The summed E-state index contributed by atoms with van der Waals surface area (Å²) in [6.45, 7) is 1.43. The van der Waals surface area contributed by atoms with E-state index in [1.165, 1.54) is 21.1 Å². The van der Waals surface area contributed by atoms with Crippen molar-refractivity contribution in [1.29, 1.82) is 0 Å². The second kappa shape index (κ2) is 6.77. The first-order valence-electron chi connectivity index (χ1n) is 7.44. The van der Waals surface area contributed by atoms with Crippen LogP contribution in [0, 0.1) is 5.41 Å². The molecule has 0 radical (unpaired) electrons. The predicted molar refractivity (Wildman–Crippen MR) is 84.7 cm³/mol. The first-order chi connectivity index (χ1) is 11.0. The molecule has 1 aliphatic carbocycles. The van der Waals surface area contributed by atoms with E-state index in [-0.39, 0.29) is 5.78 Å². The molecule has 1 aromatic rings. The van der Waals surface area contributed by atoms with Gasteiger partial charge in [-0.05, 0) is 49.5 Å². The molecule has 1 fully saturated rings. The van der Waals surface area contributed by atoms with Crippen molar-refractivity contribution in [1.82, 2.24) is 0 Å². The van der Waals surface area contributed by atoms with Crippen LogP contribution in [-0.2, 0) is 19.1 Å². The summed E-state index contributed by atoms with van der Waals surface area (Å²) >= 11 is 0. The summed E-state index contributed by atoms with van der Waals surface area (Å²) < 4.78 is 9.53. The molecule has 2 rings (SSSR count). The van der Waals surface area contributed by atoms with Gasteiger partial charge in [0.15, 0.2) is 5.78 Å². The molecule has 1 unspecified atom stereocenters. The number of hydrogen-bond donors (Lipinski definition) is 0. The molecule has 0 N–H and O–H groups in total. The van der Waals surface area contributed by atoms with Crippen LogP contribution in [0.15, 0.2) is 29.8 Å². The zero-order valence-corrected chi connectivity index (χ0v) is 13.5. The first-order valence-corrected chi connectivity index (χ1v) is 7.44. The van der Waals surface area contributed by atoms with Gasteiger partial charge < -0.3 is 9.47 Å². The number of carbonyl (C=O) groups is 3. The molecule has 5 nitrogen and oxygen atoms in total. The molecular formula is C18H20O5. The molecule has 5 heteroatoms. The summed E-state index contributed by atoms with van der Waals surface area (Å²) in [6, 6.07) is 6.83. The Morgan fingerprint density at radius 1 is 1.09 bits per heavy atom. The van der Waals surface area contributed by atoms with Gasteiger partial charge >= 0.3 is 11.9 Å². The second-order valence-corrected chi connectivity index (χ2v) is 5.59. The van der Waals surface area contributed by atoms with E-state index in [2.05, 4.69) is 4.74 Å². The molecule has 1 atom stereocenters. The van der Waals surface area contributed by atoms with Crippen LogP contribution in [0.25, 0.3) is 6.08 Å². The van der Waals surface area contributed by atoms with Crippen LogP contribution >= 0.6 is 0 Å². The van der Waals surface area contributed by atoms with E-state index < -0.39 is 17.4 Å². The van der Waals surface area contributed by atoms with Gasteiger partial charge in [0.2, 0.25) is 0 Å². The Hall–Kier alpha value is -2.43. The highest BCUT2D eigenvalue weighted by molar-refractivity contribution is 6.07. The Bertz CT molecular complexity index is 656. The van der Waals surface area contributed by atoms with Gasteiger partial charge in [0.05, 0.1) is 19.8 Å². The monoisotopic (exact) mass is 316 g/mol. The van der Waals surface area contributed by atoms with Crippen LogP contribution in [0.2, 0.25) is 0 Å². The third-order valence-corrected chi connectivity index (χ3v) is 4.35. The van der Waals surface area contributed by atoms with E-state index >= 15 is 0 Å². The van der Waals surface area contributed by atoms with Gasteiger partial charge in [0.25, 0.3) is 0 Å². The molecule has 1 aromatic carbocycles. The highest BCUT2D eigenvalue weighted by Crippen LogP contribution is 2.45. The van der Waals surface area contributed by atoms with E-state index in [4.69, 9.17) is 4.74 Å². The largest absolute Gasteiger partial charge is 0.468 e. The summed E-state index contributed by atoms with van der Waals surface area (Å²) in [5.74, 6) is -1.10. The normalized spacial score (nSPS) is 22.0. The SMILES string of the molecule is COC(=O)c1ccc(/C=C2\CCCC2(C(C)=O)C(=O)OC)cc1. The van der Waals surface area contributed by atoms with E-state index in [0.29, 0.717) is 18.4 Å². The standard InChI is InChI=1S/C18H20O5/c1-12(19)18(17(21)23-3)10-4-5-15(18)11-13-6-8-14(9-7-13)16(20)22-2/h6-9,11H,4-5,10H2,1-3H3/b15-11+. The minimum absolute atomic E-state index is 0.195. The number of rotatable bonds is 4. The van der Waals surface area contributed by atoms with Crippen molar-refractivity contribution in [3.63, 3.8) is 0 Å². The maximum absolute atomic E-state index is 12.2. The summed E-state index contributed by atoms with van der Waals surface area (Å²) in [7, 11) is 2.63. The lowest BCUT2D eigenvalue weighted by atomic mass is 9.78. The molecule has 0 aliphatic heterocycles. The molecule has 0 bridgehead atoms. The Morgan fingerprint density at radius 3 is 2.26 bits per heavy atom. The van der Waals surface area contributed by atoms with Crippen molar-refractivity contribution in [2.24, 2.45) is 5.41 Å². The van der Waals surface area contributed by atoms with Crippen molar-refractivity contribution >= 4 is 23.8 Å². The Morgan fingerprint density at radius 2 is 1.74 bits per heavy atom. The molecule has 0 spiro atoms. The lowest BCUT2D eigenvalue weighted by Crippen LogP contribution is -2.37. The quantitative estimate of drug-likeness (QED) is 0.631. The highest BCUT2D eigenvalue weighted by Gasteiger charge is 2.50. The highest BCUT2D eigenvalue weighted by atomic mass is 16.5. The minimum Gasteiger partial charge on any atom is -0.468 e. The summed E-state index contributed by atoms with van der Waals surface area (Å²) in [6.07, 6.45) is 3.75. The summed E-state index contributed by atoms with van der Waals surface area (Å²) in [4.78, 5) is 35.8. The van der Waals surface area contributed by atoms with Crippen molar-refractivity contribution in [3.8, 4) is 0 Å². The van der Waals surface area contributed by atoms with Crippen molar-refractivity contribution < 1.29 is 23.9 Å². The first kappa shape index (κ1) is 16.9. The molecule has 0 heterocycles. The summed E-state index contributed by atoms with van der Waals surface area (Å²) in [5.41, 5.74) is 0.870. The Kier molecular flexibility index (Phi) is 4.98. The van der Waals surface area contributed by atoms with Crippen molar-refractivity contribution in [3.05, 3.63) is 41.0 Å². The topological polar surface area (TPSA) is 69.7 Å². The molecule has 0 saturated heterocycles.